The number of ether oxygens (including phenoxy) is 4. The van der Waals surface area contributed by atoms with Crippen molar-refractivity contribution in [2.24, 2.45) is 5.73 Å². The summed E-state index contributed by atoms with van der Waals surface area (Å²) in [6, 6.07) is 10.0. The molecule has 11 nitrogen and oxygen atoms in total. The van der Waals surface area contributed by atoms with E-state index in [0.717, 1.165) is 5.56 Å². The van der Waals surface area contributed by atoms with Crippen LogP contribution in [0, 0.1) is 11.8 Å². The van der Waals surface area contributed by atoms with Gasteiger partial charge in [-0.25, -0.2) is 4.98 Å². The number of piperidine rings is 1. The van der Waals surface area contributed by atoms with Crippen LogP contribution < -0.4 is 11.3 Å². The van der Waals surface area contributed by atoms with Crippen LogP contribution in [0.4, 0.5) is 0 Å². The number of amides is 1. The Hall–Kier alpha value is -3.15. The highest BCUT2D eigenvalue weighted by atomic mass is 32.1. The van der Waals surface area contributed by atoms with Crippen LogP contribution in [-0.4, -0.2) is 104 Å². The third kappa shape index (κ3) is 10.7. The molecule has 244 valence electrons. The first-order chi connectivity index (χ1) is 21.9. The molecule has 1 saturated heterocycles. The van der Waals surface area contributed by atoms with E-state index >= 15 is 0 Å². The molecule has 12 heteroatoms. The first-order valence-electron chi connectivity index (χ1n) is 15.4. The van der Waals surface area contributed by atoms with Crippen molar-refractivity contribution in [3.63, 3.8) is 0 Å². The lowest BCUT2D eigenvalue weighted by atomic mass is 9.90. The highest BCUT2D eigenvalue weighted by Gasteiger charge is 2.35. The van der Waals surface area contributed by atoms with E-state index in [1.165, 1.54) is 22.2 Å². The van der Waals surface area contributed by atoms with Crippen molar-refractivity contribution < 1.29 is 28.8 Å². The molecule has 0 unspecified atom stereocenters. The van der Waals surface area contributed by atoms with Gasteiger partial charge >= 0.3 is 0 Å². The summed E-state index contributed by atoms with van der Waals surface area (Å²) in [6.07, 6.45) is 2.70. The highest BCUT2D eigenvalue weighted by Crippen LogP contribution is 2.27. The van der Waals surface area contributed by atoms with Gasteiger partial charge in [0.2, 0.25) is 5.91 Å². The lowest BCUT2D eigenvalue weighted by Gasteiger charge is -2.38. The largest absolute Gasteiger partial charge is 0.388 e. The first-order valence-corrected chi connectivity index (χ1v) is 16.3. The molecule has 1 amide bonds. The number of aliphatic hydroxyl groups is 1. The normalized spacial score (nSPS) is 15.1. The van der Waals surface area contributed by atoms with Gasteiger partial charge in [0, 0.05) is 31.4 Å². The van der Waals surface area contributed by atoms with Crippen LogP contribution >= 0.6 is 11.3 Å². The molecule has 1 aromatic carbocycles. The van der Waals surface area contributed by atoms with Gasteiger partial charge in [0.05, 0.1) is 70.3 Å². The summed E-state index contributed by atoms with van der Waals surface area (Å²) in [7, 11) is 0. The number of likely N-dealkylation sites (tertiary alicyclic amines) is 1. The molecule has 3 heterocycles. The molecule has 0 aliphatic carbocycles. The number of benzene rings is 1. The van der Waals surface area contributed by atoms with Gasteiger partial charge in [-0.1, -0.05) is 49.1 Å². The van der Waals surface area contributed by atoms with Gasteiger partial charge < -0.3 is 34.7 Å². The van der Waals surface area contributed by atoms with Gasteiger partial charge in [0.15, 0.2) is 0 Å². The smallest absolute Gasteiger partial charge is 0.271 e. The molecule has 1 fully saturated rings. The van der Waals surface area contributed by atoms with E-state index in [4.69, 9.17) is 24.7 Å². The number of hydrogen-bond donors (Lipinski definition) is 2. The van der Waals surface area contributed by atoms with Gasteiger partial charge in [-0.3, -0.25) is 14.2 Å². The molecule has 0 saturated carbocycles. The van der Waals surface area contributed by atoms with E-state index < -0.39 is 5.60 Å². The van der Waals surface area contributed by atoms with Crippen molar-refractivity contribution in [2.45, 2.75) is 44.2 Å². The Morgan fingerprint density at radius 3 is 2.36 bits per heavy atom. The summed E-state index contributed by atoms with van der Waals surface area (Å²) in [6.45, 7) is 7.18. The fraction of sp³-hybridized carbons (Fsp3) is 0.545. The maximum Gasteiger partial charge on any atom is 0.271 e. The Labute approximate surface area is 268 Å². The van der Waals surface area contributed by atoms with Crippen LogP contribution in [0.25, 0.3) is 10.2 Å². The number of fused-ring (bicyclic) bond motifs is 1. The van der Waals surface area contributed by atoms with E-state index in [0.29, 0.717) is 101 Å². The Morgan fingerprint density at radius 1 is 1.04 bits per heavy atom. The molecule has 45 heavy (non-hydrogen) atoms. The fourth-order valence-corrected chi connectivity index (χ4v) is 5.98. The molecule has 1 aliphatic heterocycles. The lowest BCUT2D eigenvalue weighted by molar-refractivity contribution is -0.136. The first kappa shape index (κ1) is 34.7. The number of nitrogens with two attached hydrogens (primary N) is 1. The van der Waals surface area contributed by atoms with Crippen LogP contribution in [0.1, 0.15) is 43.2 Å². The number of aromatic nitrogens is 2. The van der Waals surface area contributed by atoms with Crippen LogP contribution in [0.2, 0.25) is 0 Å². The summed E-state index contributed by atoms with van der Waals surface area (Å²) in [5.41, 5.74) is 6.40. The molecule has 3 N–H and O–H groups in total. The van der Waals surface area contributed by atoms with E-state index in [2.05, 4.69) is 23.7 Å². The van der Waals surface area contributed by atoms with Crippen molar-refractivity contribution in [3.8, 4) is 11.8 Å². The molecule has 1 atom stereocenters. The maximum atomic E-state index is 13.2. The molecule has 0 spiro atoms. The minimum absolute atomic E-state index is 0.0850. The van der Waals surface area contributed by atoms with Crippen molar-refractivity contribution in [3.05, 3.63) is 63.5 Å². The topological polar surface area (TPSA) is 138 Å². The zero-order valence-electron chi connectivity index (χ0n) is 25.9. The van der Waals surface area contributed by atoms with Gasteiger partial charge in [-0.2, -0.15) is 0 Å². The predicted molar refractivity (Wildman–Crippen MR) is 173 cm³/mol. The van der Waals surface area contributed by atoms with E-state index in [-0.39, 0.29) is 30.5 Å². The quantitative estimate of drug-likeness (QED) is 0.168. The number of nitrogens with zero attached hydrogens (tertiary/aromatic N) is 3. The fourth-order valence-electron chi connectivity index (χ4n) is 5.08. The number of carbonyl (C=O) groups is 1. The van der Waals surface area contributed by atoms with E-state index in [9.17, 15) is 14.7 Å². The molecule has 4 rings (SSSR count). The zero-order chi connectivity index (χ0) is 31.9. The standard InChI is InChI=1S/C33H44N4O7S/c1-26(27-6-3-2-4-7-27)22-29(38)36-12-9-33(40,10-13-36)24-37-25-35-30-28(23-45-31(30)32(37)39)8-5-14-41-16-18-43-20-21-44-19-17-42-15-11-34/h2-4,6-7,23,25-26,40H,9-22,24,34H2,1H3/t26-/m1/s1. The van der Waals surface area contributed by atoms with Gasteiger partial charge in [0.25, 0.3) is 5.56 Å². The second-order valence-electron chi connectivity index (χ2n) is 11.1. The molecule has 0 radical (unpaired) electrons. The number of carbonyl (C=O) groups excluding carboxylic acids is 1. The highest BCUT2D eigenvalue weighted by molar-refractivity contribution is 7.17. The average molecular weight is 641 g/mol. The van der Waals surface area contributed by atoms with Crippen LogP contribution in [-0.2, 0) is 30.3 Å². The maximum absolute atomic E-state index is 13.2. The van der Waals surface area contributed by atoms with E-state index in [1.807, 2.05) is 40.6 Å². The van der Waals surface area contributed by atoms with Crippen LogP contribution in [0.3, 0.4) is 0 Å². The monoisotopic (exact) mass is 640 g/mol. The van der Waals surface area contributed by atoms with Crippen LogP contribution in [0.15, 0.2) is 46.8 Å². The molecule has 2 aromatic heterocycles. The third-order valence-corrected chi connectivity index (χ3v) is 8.64. The molecule has 3 aromatic rings. The minimum atomic E-state index is -1.09. The number of thiophene rings is 1. The average Bonchev–Trinajstić information content (AvgIpc) is 3.46. The third-order valence-electron chi connectivity index (χ3n) is 7.68. The summed E-state index contributed by atoms with van der Waals surface area (Å²) >= 11 is 1.29. The Bertz CT molecular complexity index is 1460. The predicted octanol–water partition coefficient (Wildman–Crippen LogP) is 2.38. The summed E-state index contributed by atoms with van der Waals surface area (Å²) in [5.74, 6) is 6.21. The molecule has 0 bridgehead atoms. The van der Waals surface area contributed by atoms with Crippen molar-refractivity contribution in [1.82, 2.24) is 14.5 Å². The van der Waals surface area contributed by atoms with Crippen molar-refractivity contribution in [1.29, 1.82) is 0 Å². The molecular formula is C33H44N4O7S. The number of rotatable bonds is 17. The zero-order valence-corrected chi connectivity index (χ0v) is 26.8. The van der Waals surface area contributed by atoms with Gasteiger partial charge in [-0.15, -0.1) is 11.3 Å². The van der Waals surface area contributed by atoms with Crippen molar-refractivity contribution >= 4 is 27.5 Å². The summed E-state index contributed by atoms with van der Waals surface area (Å²) in [4.78, 5) is 32.5. The summed E-state index contributed by atoms with van der Waals surface area (Å²) < 4.78 is 23.5. The van der Waals surface area contributed by atoms with E-state index in [1.54, 1.807) is 0 Å². The second-order valence-corrected chi connectivity index (χ2v) is 12.0. The van der Waals surface area contributed by atoms with Gasteiger partial charge in [-0.05, 0) is 24.3 Å². The second kappa shape index (κ2) is 18.1. The molecular weight excluding hydrogens is 596 g/mol. The molecule has 1 aliphatic rings. The Balaban J connectivity index is 1.18. The Morgan fingerprint density at radius 2 is 1.69 bits per heavy atom. The van der Waals surface area contributed by atoms with Gasteiger partial charge in [0.1, 0.15) is 16.8 Å². The Kier molecular flexibility index (Phi) is 14.0. The van der Waals surface area contributed by atoms with Crippen molar-refractivity contribution in [2.75, 3.05) is 72.5 Å². The minimum Gasteiger partial charge on any atom is -0.388 e. The number of hydrogen-bond acceptors (Lipinski definition) is 10. The lowest BCUT2D eigenvalue weighted by Crippen LogP contribution is -2.49. The SMILES string of the molecule is C[C@H](CC(=O)N1CCC(O)(Cn2cnc3c(C#CCOCCOCCOCCOCCN)csc3c2=O)CC1)c1ccccc1. The van der Waals surface area contributed by atoms with Crippen LogP contribution in [0.5, 0.6) is 0 Å². The summed E-state index contributed by atoms with van der Waals surface area (Å²) in [5, 5.41) is 13.1.